The first-order valence-corrected chi connectivity index (χ1v) is 11.5. The number of benzene rings is 3. The van der Waals surface area contributed by atoms with Gasteiger partial charge >= 0.3 is 0 Å². The van der Waals surface area contributed by atoms with Crippen LogP contribution in [0.4, 0.5) is 0 Å². The summed E-state index contributed by atoms with van der Waals surface area (Å²) in [6, 6.07) is 18.6. The number of halogens is 3. The fourth-order valence-corrected chi connectivity index (χ4v) is 4.12. The summed E-state index contributed by atoms with van der Waals surface area (Å²) in [5.74, 6) is 0. The molecule has 134 valence electrons. The second-order valence-electron chi connectivity index (χ2n) is 6.60. The van der Waals surface area contributed by atoms with E-state index in [1.807, 2.05) is 18.2 Å². The fraction of sp³-hybridized carbons (Fsp3) is 0.182. The van der Waals surface area contributed by atoms with Crippen LogP contribution in [-0.2, 0) is 5.60 Å². The van der Waals surface area contributed by atoms with Crippen LogP contribution in [0.2, 0.25) is 0 Å². The molecule has 1 nitrogen and oxygen atoms in total. The van der Waals surface area contributed by atoms with Crippen molar-refractivity contribution in [3.63, 3.8) is 0 Å². The Bertz CT molecular complexity index is 854. The molecular weight excluding hydrogens is 661 g/mol. The Balaban J connectivity index is 2.31. The lowest BCUT2D eigenvalue weighted by Gasteiger charge is -2.31. The second kappa shape index (κ2) is 8.05. The molecule has 0 spiro atoms. The molecule has 0 fully saturated rings. The fourth-order valence-electron chi connectivity index (χ4n) is 3.11. The minimum atomic E-state index is -1.18. The van der Waals surface area contributed by atoms with Gasteiger partial charge in [-0.2, -0.15) is 0 Å². The quantitative estimate of drug-likeness (QED) is 0.241. The summed E-state index contributed by atoms with van der Waals surface area (Å²) in [6.07, 6.45) is 0. The Labute approximate surface area is 196 Å². The largest absolute Gasteiger partial charge is 0.376 e. The van der Waals surface area contributed by atoms with Gasteiger partial charge < -0.3 is 5.11 Å². The van der Waals surface area contributed by atoms with Crippen LogP contribution in [0.25, 0.3) is 0 Å². The molecule has 0 amide bonds. The molecule has 0 saturated heterocycles. The van der Waals surface area contributed by atoms with Crippen LogP contribution >= 0.6 is 67.8 Å². The molecule has 0 heterocycles. The number of rotatable bonds is 3. The Morgan fingerprint density at radius 3 is 1.08 bits per heavy atom. The number of hydrogen-bond donors (Lipinski definition) is 1. The number of hydrogen-bond acceptors (Lipinski definition) is 1. The van der Waals surface area contributed by atoms with E-state index >= 15 is 0 Å². The third kappa shape index (κ3) is 3.84. The van der Waals surface area contributed by atoms with Gasteiger partial charge in [-0.15, -0.1) is 0 Å². The van der Waals surface area contributed by atoms with Crippen molar-refractivity contribution in [3.05, 3.63) is 98.7 Å². The molecule has 0 aromatic heterocycles. The van der Waals surface area contributed by atoms with Crippen LogP contribution in [0.15, 0.2) is 54.6 Å². The van der Waals surface area contributed by atoms with E-state index in [4.69, 9.17) is 0 Å². The highest BCUT2D eigenvalue weighted by molar-refractivity contribution is 14.1. The van der Waals surface area contributed by atoms with Crippen LogP contribution in [0.1, 0.15) is 33.4 Å². The summed E-state index contributed by atoms with van der Waals surface area (Å²) in [7, 11) is 0. The second-order valence-corrected chi connectivity index (χ2v) is 10.1. The third-order valence-corrected chi connectivity index (χ3v) is 8.36. The monoisotopic (exact) mass is 680 g/mol. The molecule has 0 aliphatic carbocycles. The molecule has 4 heteroatoms. The summed E-state index contributed by atoms with van der Waals surface area (Å²) in [6.45, 7) is 6.26. The normalized spacial score (nSPS) is 11.7. The zero-order chi connectivity index (χ0) is 19.1. The zero-order valence-corrected chi connectivity index (χ0v) is 21.2. The predicted molar refractivity (Wildman–Crippen MR) is 134 cm³/mol. The van der Waals surface area contributed by atoms with Crippen LogP contribution in [0.3, 0.4) is 0 Å². The Morgan fingerprint density at radius 1 is 0.577 bits per heavy atom. The highest BCUT2D eigenvalue weighted by Gasteiger charge is 2.34. The Kier molecular flexibility index (Phi) is 6.36. The molecular formula is C22H19I3O. The van der Waals surface area contributed by atoms with Gasteiger partial charge in [0, 0.05) is 10.7 Å². The van der Waals surface area contributed by atoms with Crippen molar-refractivity contribution in [1.82, 2.24) is 0 Å². The van der Waals surface area contributed by atoms with E-state index in [0.717, 1.165) is 16.7 Å². The first kappa shape index (κ1) is 20.5. The first-order valence-electron chi connectivity index (χ1n) is 8.25. The summed E-state index contributed by atoms with van der Waals surface area (Å²) < 4.78 is 3.60. The van der Waals surface area contributed by atoms with E-state index in [1.165, 1.54) is 27.4 Å². The van der Waals surface area contributed by atoms with E-state index in [2.05, 4.69) is 125 Å². The van der Waals surface area contributed by atoms with E-state index in [-0.39, 0.29) is 0 Å². The molecule has 0 aliphatic rings. The van der Waals surface area contributed by atoms with Crippen LogP contribution in [-0.4, -0.2) is 5.11 Å². The van der Waals surface area contributed by atoms with Crippen molar-refractivity contribution < 1.29 is 5.11 Å². The van der Waals surface area contributed by atoms with Crippen LogP contribution in [0.5, 0.6) is 0 Å². The smallest absolute Gasteiger partial charge is 0.140 e. The molecule has 3 aromatic carbocycles. The van der Waals surface area contributed by atoms with Crippen molar-refractivity contribution in [2.24, 2.45) is 0 Å². The van der Waals surface area contributed by atoms with E-state index in [0.29, 0.717) is 0 Å². The first-order chi connectivity index (χ1) is 12.2. The molecule has 0 unspecified atom stereocenters. The van der Waals surface area contributed by atoms with Crippen LogP contribution in [0, 0.1) is 31.5 Å². The van der Waals surface area contributed by atoms with Gasteiger partial charge in [-0.3, -0.25) is 0 Å². The minimum Gasteiger partial charge on any atom is -0.376 e. The number of aryl methyl sites for hydroxylation is 3. The van der Waals surface area contributed by atoms with Crippen molar-refractivity contribution >= 4 is 67.8 Å². The maximum absolute atomic E-state index is 12.1. The van der Waals surface area contributed by atoms with E-state index in [9.17, 15) is 5.11 Å². The predicted octanol–water partition coefficient (Wildman–Crippen LogP) is 6.71. The molecule has 1 N–H and O–H groups in total. The highest BCUT2D eigenvalue weighted by atomic mass is 127. The van der Waals surface area contributed by atoms with Gasteiger partial charge in [-0.1, -0.05) is 36.4 Å². The standard InChI is InChI=1S/C22H19I3O/c1-13-10-16(4-7-19(13)23)22(26,17-5-8-20(24)14(2)11-17)18-6-9-21(25)15(3)12-18/h4-12,26H,1-3H3. The highest BCUT2D eigenvalue weighted by Crippen LogP contribution is 2.39. The van der Waals surface area contributed by atoms with Gasteiger partial charge in [0.15, 0.2) is 0 Å². The molecule has 0 bridgehead atoms. The summed E-state index contributed by atoms with van der Waals surface area (Å²) in [5.41, 5.74) is 5.03. The minimum absolute atomic E-state index is 0.900. The van der Waals surface area contributed by atoms with Gasteiger partial charge in [0.2, 0.25) is 0 Å². The maximum atomic E-state index is 12.1. The molecule has 0 radical (unpaired) electrons. The number of aliphatic hydroxyl groups is 1. The molecule has 26 heavy (non-hydrogen) atoms. The topological polar surface area (TPSA) is 20.2 Å². The molecule has 3 aromatic rings. The zero-order valence-electron chi connectivity index (χ0n) is 14.8. The van der Waals surface area contributed by atoms with Gasteiger partial charge in [-0.25, -0.2) is 0 Å². The summed E-state index contributed by atoms with van der Waals surface area (Å²) in [4.78, 5) is 0. The molecule has 0 aliphatic heterocycles. The summed E-state index contributed by atoms with van der Waals surface area (Å²) >= 11 is 7.00. The van der Waals surface area contributed by atoms with Gasteiger partial charge in [0.05, 0.1) is 0 Å². The lowest BCUT2D eigenvalue weighted by atomic mass is 9.79. The lowest BCUT2D eigenvalue weighted by molar-refractivity contribution is 0.125. The molecule has 3 rings (SSSR count). The Morgan fingerprint density at radius 2 is 0.846 bits per heavy atom. The SMILES string of the molecule is Cc1cc(C(O)(c2ccc(I)c(C)c2)c2ccc(I)c(C)c2)ccc1I. The average molecular weight is 680 g/mol. The maximum Gasteiger partial charge on any atom is 0.140 e. The van der Waals surface area contributed by atoms with Gasteiger partial charge in [-0.05, 0) is 140 Å². The third-order valence-electron chi connectivity index (χ3n) is 4.73. The van der Waals surface area contributed by atoms with Gasteiger partial charge in [0.1, 0.15) is 5.60 Å². The summed E-state index contributed by atoms with van der Waals surface area (Å²) in [5, 5.41) is 12.1. The van der Waals surface area contributed by atoms with Crippen molar-refractivity contribution in [2.75, 3.05) is 0 Å². The van der Waals surface area contributed by atoms with Crippen molar-refractivity contribution in [1.29, 1.82) is 0 Å². The van der Waals surface area contributed by atoms with E-state index in [1.54, 1.807) is 0 Å². The molecule has 0 atom stereocenters. The Hall–Kier alpha value is -0.190. The lowest BCUT2D eigenvalue weighted by Crippen LogP contribution is -2.29. The average Bonchev–Trinajstić information content (AvgIpc) is 2.61. The van der Waals surface area contributed by atoms with E-state index < -0.39 is 5.60 Å². The van der Waals surface area contributed by atoms with Gasteiger partial charge in [0.25, 0.3) is 0 Å². The molecule has 0 saturated carbocycles. The van der Waals surface area contributed by atoms with Crippen LogP contribution < -0.4 is 0 Å². The van der Waals surface area contributed by atoms with Crippen molar-refractivity contribution in [3.8, 4) is 0 Å². The van der Waals surface area contributed by atoms with Crippen molar-refractivity contribution in [2.45, 2.75) is 26.4 Å².